The van der Waals surface area contributed by atoms with Crippen molar-refractivity contribution in [3.63, 3.8) is 0 Å². The summed E-state index contributed by atoms with van der Waals surface area (Å²) in [6.45, 7) is 12.7. The van der Waals surface area contributed by atoms with Gasteiger partial charge >= 0.3 is 0 Å². The Morgan fingerprint density at radius 3 is 2.15 bits per heavy atom. The molecule has 0 aliphatic heterocycles. The molecule has 0 atom stereocenters. The third-order valence-electron chi connectivity index (χ3n) is 3.91. The maximum atomic E-state index is 3.61. The first-order valence-corrected chi connectivity index (χ1v) is 7.89. The number of halogens is 1. The van der Waals surface area contributed by atoms with Crippen molar-refractivity contribution in [2.45, 2.75) is 47.7 Å². The number of aromatic nitrogens is 1. The van der Waals surface area contributed by atoms with Gasteiger partial charge in [-0.05, 0) is 69.5 Å². The van der Waals surface area contributed by atoms with E-state index in [9.17, 15) is 0 Å². The number of hydrogen-bond acceptors (Lipinski definition) is 1. The Labute approximate surface area is 130 Å². The van der Waals surface area contributed by atoms with E-state index in [-0.39, 0.29) is 0 Å². The van der Waals surface area contributed by atoms with Crippen LogP contribution in [0.15, 0.2) is 22.7 Å². The van der Waals surface area contributed by atoms with Crippen molar-refractivity contribution < 1.29 is 0 Å². The van der Waals surface area contributed by atoms with Gasteiger partial charge in [-0.3, -0.25) is 0 Å². The van der Waals surface area contributed by atoms with Crippen LogP contribution in [0.5, 0.6) is 0 Å². The molecule has 1 N–H and O–H groups in total. The van der Waals surface area contributed by atoms with E-state index in [0.717, 1.165) is 13.1 Å². The second-order valence-electron chi connectivity index (χ2n) is 5.42. The highest BCUT2D eigenvalue weighted by atomic mass is 79.9. The predicted octanol–water partition coefficient (Wildman–Crippen LogP) is 5.12. The lowest BCUT2D eigenvalue weighted by atomic mass is 10.1. The fourth-order valence-electron chi connectivity index (χ4n) is 2.78. The van der Waals surface area contributed by atoms with E-state index in [4.69, 9.17) is 0 Å². The lowest BCUT2D eigenvalue weighted by Crippen LogP contribution is -2.03. The van der Waals surface area contributed by atoms with E-state index in [0.29, 0.717) is 0 Å². The zero-order chi connectivity index (χ0) is 14.9. The SMILES string of the molecule is CCn1c(C)cc(CNc2cc(C)c(Br)c(C)c2)c1C. The molecule has 20 heavy (non-hydrogen) atoms. The topological polar surface area (TPSA) is 17.0 Å². The Hall–Kier alpha value is -1.22. The van der Waals surface area contributed by atoms with Crippen LogP contribution in [0, 0.1) is 27.7 Å². The quantitative estimate of drug-likeness (QED) is 0.821. The van der Waals surface area contributed by atoms with Crippen LogP contribution < -0.4 is 5.32 Å². The lowest BCUT2D eigenvalue weighted by Gasteiger charge is -2.11. The molecule has 0 amide bonds. The van der Waals surface area contributed by atoms with Crippen LogP contribution >= 0.6 is 15.9 Å². The molecule has 0 saturated carbocycles. The molecule has 108 valence electrons. The van der Waals surface area contributed by atoms with Gasteiger partial charge in [0.1, 0.15) is 0 Å². The minimum absolute atomic E-state index is 0.875. The summed E-state index contributed by atoms with van der Waals surface area (Å²) in [5.74, 6) is 0. The van der Waals surface area contributed by atoms with Crippen LogP contribution in [0.3, 0.4) is 0 Å². The van der Waals surface area contributed by atoms with Crippen LogP contribution in [-0.2, 0) is 13.1 Å². The van der Waals surface area contributed by atoms with Gasteiger partial charge in [-0.15, -0.1) is 0 Å². The van der Waals surface area contributed by atoms with Crippen molar-refractivity contribution in [2.75, 3.05) is 5.32 Å². The molecule has 0 aliphatic rings. The van der Waals surface area contributed by atoms with Gasteiger partial charge in [-0.1, -0.05) is 15.9 Å². The summed E-state index contributed by atoms with van der Waals surface area (Å²) in [6.07, 6.45) is 0. The summed E-state index contributed by atoms with van der Waals surface area (Å²) in [5.41, 5.74) is 7.80. The largest absolute Gasteiger partial charge is 0.381 e. The van der Waals surface area contributed by atoms with Crippen LogP contribution in [0.2, 0.25) is 0 Å². The summed E-state index contributed by atoms with van der Waals surface area (Å²) in [4.78, 5) is 0. The monoisotopic (exact) mass is 334 g/mol. The van der Waals surface area contributed by atoms with E-state index in [1.165, 1.54) is 38.2 Å². The van der Waals surface area contributed by atoms with Gasteiger partial charge in [0, 0.05) is 34.6 Å². The number of nitrogens with one attached hydrogen (secondary N) is 1. The summed E-state index contributed by atoms with van der Waals surface area (Å²) in [7, 11) is 0. The van der Waals surface area contributed by atoms with E-state index in [1.54, 1.807) is 0 Å². The molecule has 3 heteroatoms. The van der Waals surface area contributed by atoms with Gasteiger partial charge in [0.2, 0.25) is 0 Å². The fraction of sp³-hybridized carbons (Fsp3) is 0.412. The average Bonchev–Trinajstić information content (AvgIpc) is 2.67. The van der Waals surface area contributed by atoms with Gasteiger partial charge < -0.3 is 9.88 Å². The van der Waals surface area contributed by atoms with Gasteiger partial charge in [-0.25, -0.2) is 0 Å². The standard InChI is InChI=1S/C17H23BrN2/c1-6-20-13(4)9-15(14(20)5)10-19-16-7-11(2)17(18)12(3)8-16/h7-9,19H,6,10H2,1-5H3. The van der Waals surface area contributed by atoms with E-state index in [2.05, 4.69) is 78.6 Å². The maximum absolute atomic E-state index is 3.61. The molecule has 2 rings (SSSR count). The van der Waals surface area contributed by atoms with Crippen LogP contribution in [0.25, 0.3) is 0 Å². The Morgan fingerprint density at radius 1 is 1.05 bits per heavy atom. The minimum atomic E-state index is 0.875. The smallest absolute Gasteiger partial charge is 0.0418 e. The third-order valence-corrected chi connectivity index (χ3v) is 5.16. The van der Waals surface area contributed by atoms with Gasteiger partial charge in [0.05, 0.1) is 0 Å². The molecule has 0 radical (unpaired) electrons. The van der Waals surface area contributed by atoms with Gasteiger partial charge in [0.15, 0.2) is 0 Å². The van der Waals surface area contributed by atoms with Crippen LogP contribution in [-0.4, -0.2) is 4.57 Å². The lowest BCUT2D eigenvalue weighted by molar-refractivity contribution is 0.715. The molecule has 2 nitrogen and oxygen atoms in total. The fourth-order valence-corrected chi connectivity index (χ4v) is 3.01. The maximum Gasteiger partial charge on any atom is 0.0418 e. The van der Waals surface area contributed by atoms with Gasteiger partial charge in [-0.2, -0.15) is 0 Å². The Morgan fingerprint density at radius 2 is 1.65 bits per heavy atom. The summed E-state index contributed by atoms with van der Waals surface area (Å²) >= 11 is 3.61. The van der Waals surface area contributed by atoms with Crippen molar-refractivity contribution in [1.82, 2.24) is 4.57 Å². The van der Waals surface area contributed by atoms with Crippen LogP contribution in [0.4, 0.5) is 5.69 Å². The number of rotatable bonds is 4. The third kappa shape index (κ3) is 2.93. The zero-order valence-electron chi connectivity index (χ0n) is 13.0. The summed E-state index contributed by atoms with van der Waals surface area (Å²) in [6, 6.07) is 6.66. The Bertz CT molecular complexity index is 603. The predicted molar refractivity (Wildman–Crippen MR) is 90.5 cm³/mol. The molecule has 0 spiro atoms. The molecular weight excluding hydrogens is 312 g/mol. The molecule has 1 aromatic heterocycles. The first-order chi connectivity index (χ1) is 9.43. The van der Waals surface area contributed by atoms with Crippen molar-refractivity contribution >= 4 is 21.6 Å². The normalized spacial score (nSPS) is 10.9. The number of aryl methyl sites for hydroxylation is 3. The molecule has 1 aromatic carbocycles. The second kappa shape index (κ2) is 6.04. The summed E-state index contributed by atoms with van der Waals surface area (Å²) in [5, 5.41) is 3.54. The van der Waals surface area contributed by atoms with Gasteiger partial charge in [0.25, 0.3) is 0 Å². The highest BCUT2D eigenvalue weighted by Crippen LogP contribution is 2.25. The van der Waals surface area contributed by atoms with E-state index >= 15 is 0 Å². The van der Waals surface area contributed by atoms with E-state index < -0.39 is 0 Å². The number of anilines is 1. The molecule has 0 unspecified atom stereocenters. The molecule has 1 heterocycles. The number of hydrogen-bond donors (Lipinski definition) is 1. The first-order valence-electron chi connectivity index (χ1n) is 7.10. The molecule has 0 fully saturated rings. The molecular formula is C17H23BrN2. The molecule has 0 bridgehead atoms. The van der Waals surface area contributed by atoms with Crippen molar-refractivity contribution in [2.24, 2.45) is 0 Å². The molecule has 2 aromatic rings. The zero-order valence-corrected chi connectivity index (χ0v) is 14.6. The number of benzene rings is 1. The average molecular weight is 335 g/mol. The van der Waals surface area contributed by atoms with Crippen LogP contribution in [0.1, 0.15) is 35.0 Å². The molecule has 0 saturated heterocycles. The Balaban J connectivity index is 2.17. The highest BCUT2D eigenvalue weighted by molar-refractivity contribution is 9.10. The highest BCUT2D eigenvalue weighted by Gasteiger charge is 2.08. The van der Waals surface area contributed by atoms with Crippen molar-refractivity contribution in [3.05, 3.63) is 50.8 Å². The minimum Gasteiger partial charge on any atom is -0.381 e. The van der Waals surface area contributed by atoms with E-state index in [1.807, 2.05) is 0 Å². The first kappa shape index (κ1) is 15.2. The van der Waals surface area contributed by atoms with Crippen molar-refractivity contribution in [1.29, 1.82) is 0 Å². The molecule has 0 aliphatic carbocycles. The number of nitrogens with zero attached hydrogens (tertiary/aromatic N) is 1. The summed E-state index contributed by atoms with van der Waals surface area (Å²) < 4.78 is 3.56. The van der Waals surface area contributed by atoms with Crippen molar-refractivity contribution in [3.8, 4) is 0 Å². The second-order valence-corrected chi connectivity index (χ2v) is 6.21. The Kier molecular flexibility index (Phi) is 4.59.